The molecule has 1 aliphatic heterocycles. The van der Waals surface area contributed by atoms with Gasteiger partial charge < -0.3 is 5.11 Å². The summed E-state index contributed by atoms with van der Waals surface area (Å²) in [5, 5.41) is 8.83. The van der Waals surface area contributed by atoms with Gasteiger partial charge in [-0.3, -0.25) is 4.98 Å². The molecule has 0 aliphatic carbocycles. The lowest BCUT2D eigenvalue weighted by Gasteiger charge is -2.21. The van der Waals surface area contributed by atoms with E-state index in [0.717, 1.165) is 9.36 Å². The fraction of sp³-hybridized carbons (Fsp3) is 0.571. The molecule has 0 saturated heterocycles. The summed E-state index contributed by atoms with van der Waals surface area (Å²) in [5.41, 5.74) is -1.19. The summed E-state index contributed by atoms with van der Waals surface area (Å²) in [5.74, 6) is -1.08. The number of aliphatic carboxylic acids is 1. The largest absolute Gasteiger partial charge is 0.480 e. The standard InChI is InChI=1S/C7H9N3O4/c11-5(12)4-2-1-3-9-6(13)8-7(14)10(4)9/h4H,1-3H2,(H,11,12)(H,8,13,14). The molecular formula is C7H9N3O4. The van der Waals surface area contributed by atoms with Crippen LogP contribution in [0.3, 0.4) is 0 Å². The lowest BCUT2D eigenvalue weighted by atomic mass is 10.1. The number of hydrogen-bond donors (Lipinski definition) is 2. The van der Waals surface area contributed by atoms with Gasteiger partial charge >= 0.3 is 17.3 Å². The molecule has 0 fully saturated rings. The predicted molar refractivity (Wildman–Crippen MR) is 45.2 cm³/mol. The molecule has 0 spiro atoms. The number of aromatic nitrogens is 3. The number of rotatable bonds is 1. The Kier molecular flexibility index (Phi) is 1.80. The van der Waals surface area contributed by atoms with Crippen molar-refractivity contribution in [1.82, 2.24) is 14.3 Å². The Morgan fingerprint density at radius 3 is 2.79 bits per heavy atom. The highest BCUT2D eigenvalue weighted by Crippen LogP contribution is 2.16. The van der Waals surface area contributed by atoms with Crippen molar-refractivity contribution in [2.45, 2.75) is 25.4 Å². The third-order valence-corrected chi connectivity index (χ3v) is 2.34. The normalized spacial score (nSPS) is 20.4. The average molecular weight is 199 g/mol. The van der Waals surface area contributed by atoms with Gasteiger partial charge in [-0.05, 0) is 12.8 Å². The average Bonchev–Trinajstić information content (AvgIpc) is 2.43. The zero-order valence-electron chi connectivity index (χ0n) is 7.27. The summed E-state index contributed by atoms with van der Waals surface area (Å²) in [6.45, 7) is 0.390. The third-order valence-electron chi connectivity index (χ3n) is 2.34. The highest BCUT2D eigenvalue weighted by molar-refractivity contribution is 5.71. The first kappa shape index (κ1) is 8.79. The van der Waals surface area contributed by atoms with E-state index in [1.807, 2.05) is 0 Å². The molecule has 1 unspecified atom stereocenters. The number of nitrogens with one attached hydrogen (secondary N) is 1. The van der Waals surface area contributed by atoms with E-state index in [9.17, 15) is 14.4 Å². The maximum Gasteiger partial charge on any atom is 0.345 e. The molecular weight excluding hydrogens is 190 g/mol. The van der Waals surface area contributed by atoms with E-state index >= 15 is 0 Å². The Hall–Kier alpha value is -1.79. The van der Waals surface area contributed by atoms with Gasteiger partial charge in [-0.15, -0.1) is 0 Å². The summed E-state index contributed by atoms with van der Waals surface area (Å²) >= 11 is 0. The zero-order valence-corrected chi connectivity index (χ0v) is 7.27. The van der Waals surface area contributed by atoms with Crippen molar-refractivity contribution in [1.29, 1.82) is 0 Å². The lowest BCUT2D eigenvalue weighted by Crippen LogP contribution is -2.38. The van der Waals surface area contributed by atoms with Gasteiger partial charge in [-0.2, -0.15) is 0 Å². The fourth-order valence-corrected chi connectivity index (χ4v) is 1.72. The smallest absolute Gasteiger partial charge is 0.345 e. The summed E-state index contributed by atoms with van der Waals surface area (Å²) in [4.78, 5) is 35.2. The van der Waals surface area contributed by atoms with Crippen LogP contribution in [0.15, 0.2) is 9.59 Å². The van der Waals surface area contributed by atoms with Crippen molar-refractivity contribution < 1.29 is 9.90 Å². The number of carbonyl (C=O) groups is 1. The van der Waals surface area contributed by atoms with E-state index in [2.05, 4.69) is 4.98 Å². The molecule has 1 aliphatic rings. The van der Waals surface area contributed by atoms with Crippen LogP contribution >= 0.6 is 0 Å². The summed E-state index contributed by atoms with van der Waals surface area (Å²) < 4.78 is 2.12. The number of nitrogens with zero attached hydrogens (tertiary/aromatic N) is 2. The van der Waals surface area contributed by atoms with E-state index < -0.39 is 23.4 Å². The highest BCUT2D eigenvalue weighted by Gasteiger charge is 2.28. The molecule has 1 aromatic rings. The molecule has 76 valence electrons. The molecule has 7 nitrogen and oxygen atoms in total. The van der Waals surface area contributed by atoms with E-state index in [1.54, 1.807) is 0 Å². The molecule has 0 aromatic carbocycles. The van der Waals surface area contributed by atoms with Crippen LogP contribution in [0.1, 0.15) is 18.9 Å². The number of H-pyrrole nitrogens is 1. The van der Waals surface area contributed by atoms with Crippen molar-refractivity contribution in [2.24, 2.45) is 0 Å². The van der Waals surface area contributed by atoms with Crippen LogP contribution in [0.4, 0.5) is 0 Å². The Morgan fingerprint density at radius 2 is 2.14 bits per heavy atom. The Labute approximate surface area is 77.6 Å². The van der Waals surface area contributed by atoms with E-state index in [4.69, 9.17) is 5.11 Å². The Bertz CT molecular complexity index is 480. The Balaban J connectivity index is 2.65. The van der Waals surface area contributed by atoms with Crippen LogP contribution in [-0.2, 0) is 11.3 Å². The summed E-state index contributed by atoms with van der Waals surface area (Å²) in [7, 11) is 0. The van der Waals surface area contributed by atoms with Crippen molar-refractivity contribution in [3.8, 4) is 0 Å². The van der Waals surface area contributed by atoms with Crippen LogP contribution in [0.2, 0.25) is 0 Å². The van der Waals surface area contributed by atoms with Crippen LogP contribution in [-0.4, -0.2) is 25.4 Å². The predicted octanol–water partition coefficient (Wildman–Crippen LogP) is -1.24. The lowest BCUT2D eigenvalue weighted by molar-refractivity contribution is -0.142. The molecule has 0 saturated carbocycles. The maximum atomic E-state index is 11.2. The van der Waals surface area contributed by atoms with Crippen molar-refractivity contribution >= 4 is 5.97 Å². The van der Waals surface area contributed by atoms with E-state index in [-0.39, 0.29) is 0 Å². The second-order valence-corrected chi connectivity index (χ2v) is 3.20. The minimum Gasteiger partial charge on any atom is -0.480 e. The van der Waals surface area contributed by atoms with Gasteiger partial charge in [0, 0.05) is 6.54 Å². The molecule has 2 rings (SSSR count). The van der Waals surface area contributed by atoms with Gasteiger partial charge in [0.1, 0.15) is 0 Å². The minimum atomic E-state index is -1.08. The first-order valence-electron chi connectivity index (χ1n) is 4.25. The first-order valence-corrected chi connectivity index (χ1v) is 4.25. The molecule has 14 heavy (non-hydrogen) atoms. The summed E-state index contributed by atoms with van der Waals surface area (Å²) in [6, 6.07) is -0.921. The fourth-order valence-electron chi connectivity index (χ4n) is 1.72. The van der Waals surface area contributed by atoms with Crippen LogP contribution < -0.4 is 11.4 Å². The van der Waals surface area contributed by atoms with Crippen LogP contribution in [0, 0.1) is 0 Å². The van der Waals surface area contributed by atoms with Crippen molar-refractivity contribution in [3.63, 3.8) is 0 Å². The number of fused-ring (bicyclic) bond motifs is 1. The van der Waals surface area contributed by atoms with Crippen molar-refractivity contribution in [2.75, 3.05) is 0 Å². The first-order chi connectivity index (χ1) is 6.61. The van der Waals surface area contributed by atoms with Gasteiger partial charge in [-0.1, -0.05) is 0 Å². The van der Waals surface area contributed by atoms with Gasteiger partial charge in [0.15, 0.2) is 6.04 Å². The quantitative estimate of drug-likeness (QED) is 0.591. The van der Waals surface area contributed by atoms with Crippen molar-refractivity contribution in [3.05, 3.63) is 21.0 Å². The number of carboxylic acid groups (broad SMARTS) is 1. The molecule has 7 heteroatoms. The molecule has 0 bridgehead atoms. The van der Waals surface area contributed by atoms with Gasteiger partial charge in [0.25, 0.3) is 0 Å². The van der Waals surface area contributed by atoms with Gasteiger partial charge in [0.05, 0.1) is 0 Å². The van der Waals surface area contributed by atoms with Crippen LogP contribution in [0.5, 0.6) is 0 Å². The van der Waals surface area contributed by atoms with Crippen LogP contribution in [0.25, 0.3) is 0 Å². The number of hydrogen-bond acceptors (Lipinski definition) is 3. The molecule has 2 heterocycles. The zero-order chi connectivity index (χ0) is 10.3. The van der Waals surface area contributed by atoms with E-state index in [0.29, 0.717) is 19.4 Å². The minimum absolute atomic E-state index is 0.381. The molecule has 0 radical (unpaired) electrons. The SMILES string of the molecule is O=C(O)C1CCCn2c(=O)[nH]c(=O)n21. The topological polar surface area (TPSA) is 97.1 Å². The third kappa shape index (κ3) is 1.09. The van der Waals surface area contributed by atoms with Gasteiger partial charge in [-0.25, -0.2) is 23.7 Å². The molecule has 0 amide bonds. The summed E-state index contributed by atoms with van der Waals surface area (Å²) in [6.07, 6.45) is 0.973. The molecule has 2 N–H and O–H groups in total. The second kappa shape index (κ2) is 2.86. The number of aromatic amines is 1. The molecule has 1 aromatic heterocycles. The maximum absolute atomic E-state index is 11.2. The monoisotopic (exact) mass is 199 g/mol. The number of carboxylic acids is 1. The second-order valence-electron chi connectivity index (χ2n) is 3.20. The molecule has 1 atom stereocenters. The highest BCUT2D eigenvalue weighted by atomic mass is 16.4. The Morgan fingerprint density at radius 1 is 1.43 bits per heavy atom. The van der Waals surface area contributed by atoms with Gasteiger partial charge in [0.2, 0.25) is 0 Å². The van der Waals surface area contributed by atoms with E-state index in [1.165, 1.54) is 0 Å².